The quantitative estimate of drug-likeness (QED) is 0.618. The van der Waals surface area contributed by atoms with Crippen molar-refractivity contribution in [2.45, 2.75) is 42.9 Å². The fraction of sp³-hybridized carbons (Fsp3) is 0.533. The molecule has 2 atom stereocenters. The zero-order valence-corrected chi connectivity index (χ0v) is 13.5. The molecule has 0 amide bonds. The minimum absolute atomic E-state index is 0.0931. The van der Waals surface area contributed by atoms with E-state index in [0.29, 0.717) is 13.0 Å². The summed E-state index contributed by atoms with van der Waals surface area (Å²) in [7, 11) is 1.34. The number of rotatable bonds is 7. The molecule has 0 saturated heterocycles. The predicted octanol–water partition coefficient (Wildman–Crippen LogP) is 3.38. The van der Waals surface area contributed by atoms with Gasteiger partial charge < -0.3 is 10.1 Å². The van der Waals surface area contributed by atoms with Gasteiger partial charge in [0.15, 0.2) is 0 Å². The third kappa shape index (κ3) is 4.97. The van der Waals surface area contributed by atoms with Crippen LogP contribution in [0.15, 0.2) is 23.1 Å². The van der Waals surface area contributed by atoms with Crippen LogP contribution in [0.4, 0.5) is 8.78 Å². The molecule has 0 heterocycles. The molecule has 3 nitrogen and oxygen atoms in total. The summed E-state index contributed by atoms with van der Waals surface area (Å²) >= 11 is 1.20. The minimum atomic E-state index is -0.848. The second-order valence-corrected chi connectivity index (χ2v) is 6.54. The molecular formula is C15H21F2NO2S. The Bertz CT molecular complexity index is 499. The summed E-state index contributed by atoms with van der Waals surface area (Å²) < 4.78 is 31.6. The van der Waals surface area contributed by atoms with E-state index in [9.17, 15) is 13.6 Å². The highest BCUT2D eigenvalue weighted by molar-refractivity contribution is 8.00. The normalized spacial score (nSPS) is 15.3. The van der Waals surface area contributed by atoms with Crippen LogP contribution in [0.2, 0.25) is 0 Å². The smallest absolute Gasteiger partial charge is 0.325 e. The lowest BCUT2D eigenvalue weighted by atomic mass is 9.96. The lowest BCUT2D eigenvalue weighted by molar-refractivity contribution is -0.148. The third-order valence-electron chi connectivity index (χ3n) is 3.12. The average Bonchev–Trinajstić information content (AvgIpc) is 2.42. The highest BCUT2D eigenvalue weighted by atomic mass is 32.2. The van der Waals surface area contributed by atoms with Crippen LogP contribution in [0.25, 0.3) is 0 Å². The van der Waals surface area contributed by atoms with Gasteiger partial charge in [0, 0.05) is 10.1 Å². The number of halogens is 2. The van der Waals surface area contributed by atoms with Gasteiger partial charge >= 0.3 is 5.97 Å². The number of nitrogens with one attached hydrogen (secondary N) is 1. The van der Waals surface area contributed by atoms with Gasteiger partial charge in [-0.05, 0) is 38.1 Å². The maximum Gasteiger partial charge on any atom is 0.325 e. The standard InChI is InChI=1S/C15H21F2NO2S/c1-5-18-15(3,14(19)20-4)9-10(2)21-13-8-11(16)6-7-12(13)17/h6-8,10,18H,5,9H2,1-4H3. The fourth-order valence-corrected chi connectivity index (χ4v) is 3.46. The largest absolute Gasteiger partial charge is 0.468 e. The Hall–Kier alpha value is -1.14. The van der Waals surface area contributed by atoms with Crippen molar-refractivity contribution < 1.29 is 18.3 Å². The van der Waals surface area contributed by atoms with Crippen molar-refractivity contribution in [1.82, 2.24) is 5.32 Å². The molecular weight excluding hydrogens is 296 g/mol. The number of hydrogen-bond donors (Lipinski definition) is 1. The Morgan fingerprint density at radius 1 is 1.48 bits per heavy atom. The molecule has 0 aromatic heterocycles. The van der Waals surface area contributed by atoms with E-state index >= 15 is 0 Å². The van der Waals surface area contributed by atoms with E-state index < -0.39 is 17.2 Å². The summed E-state index contributed by atoms with van der Waals surface area (Å²) in [6.07, 6.45) is 0.439. The summed E-state index contributed by atoms with van der Waals surface area (Å²) in [6, 6.07) is 3.36. The number of ether oxygens (including phenoxy) is 1. The molecule has 0 saturated carbocycles. The molecule has 0 aliphatic heterocycles. The van der Waals surface area contributed by atoms with Gasteiger partial charge in [0.05, 0.1) is 7.11 Å². The molecule has 0 fully saturated rings. The predicted molar refractivity (Wildman–Crippen MR) is 80.4 cm³/mol. The Morgan fingerprint density at radius 3 is 2.71 bits per heavy atom. The first kappa shape index (κ1) is 17.9. The number of carbonyl (C=O) groups is 1. The first-order valence-corrected chi connectivity index (χ1v) is 7.65. The van der Waals surface area contributed by atoms with Crippen LogP contribution < -0.4 is 5.32 Å². The average molecular weight is 317 g/mol. The van der Waals surface area contributed by atoms with Crippen molar-refractivity contribution in [2.24, 2.45) is 0 Å². The second-order valence-electron chi connectivity index (χ2n) is 5.06. The van der Waals surface area contributed by atoms with Gasteiger partial charge in [-0.2, -0.15) is 0 Å². The highest BCUT2D eigenvalue weighted by Gasteiger charge is 2.35. The van der Waals surface area contributed by atoms with E-state index in [-0.39, 0.29) is 16.1 Å². The van der Waals surface area contributed by atoms with Gasteiger partial charge in [-0.25, -0.2) is 8.78 Å². The molecule has 21 heavy (non-hydrogen) atoms. The van der Waals surface area contributed by atoms with Crippen LogP contribution >= 0.6 is 11.8 Å². The van der Waals surface area contributed by atoms with E-state index in [1.165, 1.54) is 24.9 Å². The fourth-order valence-electron chi connectivity index (χ4n) is 2.24. The first-order valence-electron chi connectivity index (χ1n) is 6.77. The summed E-state index contributed by atoms with van der Waals surface area (Å²) in [6.45, 7) is 6.12. The lowest BCUT2D eigenvalue weighted by Crippen LogP contribution is -2.51. The van der Waals surface area contributed by atoms with E-state index in [0.717, 1.165) is 12.1 Å². The van der Waals surface area contributed by atoms with Gasteiger partial charge in [-0.1, -0.05) is 13.8 Å². The van der Waals surface area contributed by atoms with E-state index in [1.807, 2.05) is 13.8 Å². The molecule has 1 N–H and O–H groups in total. The molecule has 2 unspecified atom stereocenters. The lowest BCUT2D eigenvalue weighted by Gasteiger charge is -2.30. The number of methoxy groups -OCH3 is 1. The molecule has 0 radical (unpaired) electrons. The molecule has 1 aromatic rings. The Kier molecular flexibility index (Phi) is 6.61. The van der Waals surface area contributed by atoms with Gasteiger partial charge in [-0.3, -0.25) is 4.79 Å². The number of likely N-dealkylation sites (N-methyl/N-ethyl adjacent to an activating group) is 1. The number of hydrogen-bond acceptors (Lipinski definition) is 4. The molecule has 1 aromatic carbocycles. The zero-order valence-electron chi connectivity index (χ0n) is 12.7. The number of thioether (sulfide) groups is 1. The van der Waals surface area contributed by atoms with Crippen LogP contribution in [-0.4, -0.2) is 30.4 Å². The van der Waals surface area contributed by atoms with Crippen molar-refractivity contribution in [3.05, 3.63) is 29.8 Å². The monoisotopic (exact) mass is 317 g/mol. The van der Waals surface area contributed by atoms with E-state index in [2.05, 4.69) is 5.32 Å². The van der Waals surface area contributed by atoms with Gasteiger partial charge in [-0.15, -0.1) is 11.8 Å². The maximum atomic E-state index is 13.6. The van der Waals surface area contributed by atoms with Crippen molar-refractivity contribution in [2.75, 3.05) is 13.7 Å². The Morgan fingerprint density at radius 2 is 2.14 bits per heavy atom. The third-order valence-corrected chi connectivity index (χ3v) is 4.26. The molecule has 0 aliphatic rings. The van der Waals surface area contributed by atoms with Crippen molar-refractivity contribution in [1.29, 1.82) is 0 Å². The molecule has 118 valence electrons. The molecule has 6 heteroatoms. The van der Waals surface area contributed by atoms with Crippen molar-refractivity contribution in [3.63, 3.8) is 0 Å². The maximum absolute atomic E-state index is 13.6. The van der Waals surface area contributed by atoms with Gasteiger partial charge in [0.25, 0.3) is 0 Å². The summed E-state index contributed by atoms with van der Waals surface area (Å²) in [5.41, 5.74) is -0.848. The molecule has 0 bridgehead atoms. The summed E-state index contributed by atoms with van der Waals surface area (Å²) in [5, 5.41) is 3.00. The second kappa shape index (κ2) is 7.75. The zero-order chi connectivity index (χ0) is 16.0. The van der Waals surface area contributed by atoms with E-state index in [4.69, 9.17) is 4.74 Å². The van der Waals surface area contributed by atoms with Gasteiger partial charge in [0.1, 0.15) is 17.2 Å². The number of esters is 1. The van der Waals surface area contributed by atoms with Crippen LogP contribution in [0, 0.1) is 11.6 Å². The Labute approximate surface area is 128 Å². The van der Waals surface area contributed by atoms with Crippen LogP contribution in [0.3, 0.4) is 0 Å². The van der Waals surface area contributed by atoms with Gasteiger partial charge in [0.2, 0.25) is 0 Å². The molecule has 0 aliphatic carbocycles. The number of carbonyl (C=O) groups excluding carboxylic acids is 1. The topological polar surface area (TPSA) is 38.3 Å². The first-order chi connectivity index (χ1) is 9.82. The molecule has 0 spiro atoms. The molecule has 1 rings (SSSR count). The van der Waals surface area contributed by atoms with Crippen LogP contribution in [0.5, 0.6) is 0 Å². The van der Waals surface area contributed by atoms with E-state index in [1.54, 1.807) is 6.92 Å². The Balaban J connectivity index is 2.80. The summed E-state index contributed by atoms with van der Waals surface area (Å²) in [5.74, 6) is -1.30. The highest BCUT2D eigenvalue weighted by Crippen LogP contribution is 2.31. The SMILES string of the molecule is CCNC(C)(CC(C)Sc1cc(F)ccc1F)C(=O)OC. The van der Waals surface area contributed by atoms with Crippen molar-refractivity contribution in [3.8, 4) is 0 Å². The van der Waals surface area contributed by atoms with Crippen LogP contribution in [0.1, 0.15) is 27.2 Å². The number of benzene rings is 1. The van der Waals surface area contributed by atoms with Crippen molar-refractivity contribution >= 4 is 17.7 Å². The van der Waals surface area contributed by atoms with Crippen LogP contribution in [-0.2, 0) is 9.53 Å². The minimum Gasteiger partial charge on any atom is -0.468 e. The summed E-state index contributed by atoms with van der Waals surface area (Å²) in [4.78, 5) is 12.1.